The number of hydrazine groups is 1. The molecule has 0 unspecified atom stereocenters. The summed E-state index contributed by atoms with van der Waals surface area (Å²) in [4.78, 5) is 37.6. The first-order valence-corrected chi connectivity index (χ1v) is 11.0. The van der Waals surface area contributed by atoms with Gasteiger partial charge in [0.05, 0.1) is 20.3 Å². The monoisotopic (exact) mass is 477 g/mol. The molecule has 9 nitrogen and oxygen atoms in total. The van der Waals surface area contributed by atoms with Crippen molar-refractivity contribution in [3.8, 4) is 17.2 Å². The number of ether oxygens (including phenoxy) is 3. The van der Waals surface area contributed by atoms with Crippen LogP contribution in [0.2, 0.25) is 0 Å². The predicted molar refractivity (Wildman–Crippen MR) is 131 cm³/mol. The molecule has 0 aliphatic rings. The van der Waals surface area contributed by atoms with Gasteiger partial charge in [-0.25, -0.2) is 0 Å². The second-order valence-corrected chi connectivity index (χ2v) is 7.20. The van der Waals surface area contributed by atoms with Gasteiger partial charge in [0, 0.05) is 22.4 Å². The minimum atomic E-state index is -0.544. The summed E-state index contributed by atoms with van der Waals surface area (Å²) in [6.07, 6.45) is 0. The zero-order valence-corrected chi connectivity index (χ0v) is 19.7. The van der Waals surface area contributed by atoms with Gasteiger partial charge in [-0.15, -0.1) is 0 Å². The van der Waals surface area contributed by atoms with E-state index in [2.05, 4.69) is 16.2 Å². The van der Waals surface area contributed by atoms with Gasteiger partial charge in [0.15, 0.2) is 11.5 Å². The molecule has 3 aromatic rings. The van der Waals surface area contributed by atoms with Crippen molar-refractivity contribution in [3.05, 3.63) is 83.4 Å². The van der Waals surface area contributed by atoms with E-state index in [9.17, 15) is 14.4 Å². The Kier molecular flexibility index (Phi) is 8.66. The fraction of sp³-hybridized carbons (Fsp3) is 0.192. The van der Waals surface area contributed by atoms with Gasteiger partial charge in [-0.05, 0) is 68.4 Å². The zero-order valence-electron chi connectivity index (χ0n) is 19.7. The van der Waals surface area contributed by atoms with Gasteiger partial charge in [0.1, 0.15) is 5.75 Å². The molecule has 0 fully saturated rings. The minimum Gasteiger partial charge on any atom is -0.497 e. The quantitative estimate of drug-likeness (QED) is 0.404. The summed E-state index contributed by atoms with van der Waals surface area (Å²) < 4.78 is 16.2. The SMILES string of the molecule is CCOc1ccc(C(=O)Nc2cccc(C(=O)NNC(=O)c3cccc(OC)c3)c2)cc1OCC. The first-order chi connectivity index (χ1) is 16.9. The van der Waals surface area contributed by atoms with Crippen LogP contribution in [0, 0.1) is 0 Å². The summed E-state index contributed by atoms with van der Waals surface area (Å²) in [5.41, 5.74) is 6.08. The highest BCUT2D eigenvalue weighted by molar-refractivity contribution is 6.05. The van der Waals surface area contributed by atoms with Gasteiger partial charge < -0.3 is 19.5 Å². The largest absolute Gasteiger partial charge is 0.497 e. The second-order valence-electron chi connectivity index (χ2n) is 7.20. The lowest BCUT2D eigenvalue weighted by molar-refractivity contribution is 0.0846. The molecule has 0 heterocycles. The summed E-state index contributed by atoms with van der Waals surface area (Å²) >= 11 is 0. The lowest BCUT2D eigenvalue weighted by Crippen LogP contribution is -2.41. The van der Waals surface area contributed by atoms with Crippen LogP contribution < -0.4 is 30.4 Å². The highest BCUT2D eigenvalue weighted by atomic mass is 16.5. The maximum Gasteiger partial charge on any atom is 0.269 e. The Balaban J connectivity index is 1.65. The molecular weight excluding hydrogens is 450 g/mol. The standard InChI is InChI=1S/C26H27N3O6/c1-4-34-22-13-12-19(16-23(22)35-5-2)24(30)27-20-10-6-8-17(14-20)25(31)28-29-26(32)18-9-7-11-21(15-18)33-3/h6-16H,4-5H2,1-3H3,(H,27,30)(H,28,31)(H,29,32). The van der Waals surface area contributed by atoms with Crippen LogP contribution in [0.1, 0.15) is 44.9 Å². The van der Waals surface area contributed by atoms with Crippen molar-refractivity contribution < 1.29 is 28.6 Å². The molecule has 3 amide bonds. The van der Waals surface area contributed by atoms with Crippen molar-refractivity contribution in [2.75, 3.05) is 25.6 Å². The number of hydrogen-bond donors (Lipinski definition) is 3. The third-order valence-corrected chi connectivity index (χ3v) is 4.81. The molecule has 0 radical (unpaired) electrons. The van der Waals surface area contributed by atoms with E-state index in [-0.39, 0.29) is 11.5 Å². The molecule has 0 spiro atoms. The van der Waals surface area contributed by atoms with E-state index >= 15 is 0 Å². The number of rotatable bonds is 9. The highest BCUT2D eigenvalue weighted by Gasteiger charge is 2.14. The van der Waals surface area contributed by atoms with Crippen LogP contribution in [0.4, 0.5) is 5.69 Å². The van der Waals surface area contributed by atoms with Crippen molar-refractivity contribution in [2.45, 2.75) is 13.8 Å². The maximum absolute atomic E-state index is 12.8. The van der Waals surface area contributed by atoms with Gasteiger partial charge in [-0.3, -0.25) is 25.2 Å². The van der Waals surface area contributed by atoms with E-state index < -0.39 is 11.8 Å². The number of carbonyl (C=O) groups is 3. The van der Waals surface area contributed by atoms with Crippen LogP contribution in [0.25, 0.3) is 0 Å². The molecule has 0 atom stereocenters. The summed E-state index contributed by atoms with van der Waals surface area (Å²) in [7, 11) is 1.50. The topological polar surface area (TPSA) is 115 Å². The lowest BCUT2D eigenvalue weighted by atomic mass is 10.1. The average molecular weight is 478 g/mol. The third-order valence-electron chi connectivity index (χ3n) is 4.81. The number of anilines is 1. The number of amides is 3. The summed E-state index contributed by atoms with van der Waals surface area (Å²) in [6.45, 7) is 4.61. The number of carbonyl (C=O) groups excluding carboxylic acids is 3. The molecule has 0 bridgehead atoms. The molecule has 9 heteroatoms. The van der Waals surface area contributed by atoms with Crippen molar-refractivity contribution in [3.63, 3.8) is 0 Å². The number of methoxy groups -OCH3 is 1. The van der Waals surface area contributed by atoms with E-state index in [0.717, 1.165) is 0 Å². The van der Waals surface area contributed by atoms with Gasteiger partial charge in [0.2, 0.25) is 0 Å². The smallest absolute Gasteiger partial charge is 0.269 e. The Hall–Kier alpha value is -4.53. The maximum atomic E-state index is 12.8. The fourth-order valence-corrected chi connectivity index (χ4v) is 3.16. The van der Waals surface area contributed by atoms with Crippen molar-refractivity contribution in [1.82, 2.24) is 10.9 Å². The number of nitrogens with one attached hydrogen (secondary N) is 3. The van der Waals surface area contributed by atoms with Crippen LogP contribution in [-0.4, -0.2) is 38.0 Å². The third kappa shape index (κ3) is 6.73. The van der Waals surface area contributed by atoms with Crippen LogP contribution in [0.15, 0.2) is 66.7 Å². The Bertz CT molecular complexity index is 1210. The van der Waals surface area contributed by atoms with E-state index in [1.54, 1.807) is 60.7 Å². The second kappa shape index (κ2) is 12.1. The van der Waals surface area contributed by atoms with Crippen molar-refractivity contribution >= 4 is 23.4 Å². The average Bonchev–Trinajstić information content (AvgIpc) is 2.88. The molecule has 0 aliphatic carbocycles. The molecule has 3 N–H and O–H groups in total. The van der Waals surface area contributed by atoms with Gasteiger partial charge in [-0.2, -0.15) is 0 Å². The summed E-state index contributed by atoms with van der Waals surface area (Å²) in [5, 5.41) is 2.76. The summed E-state index contributed by atoms with van der Waals surface area (Å²) in [6, 6.07) is 17.8. The van der Waals surface area contributed by atoms with Gasteiger partial charge >= 0.3 is 0 Å². The molecule has 3 rings (SSSR count). The van der Waals surface area contributed by atoms with Crippen LogP contribution >= 0.6 is 0 Å². The van der Waals surface area contributed by atoms with Crippen LogP contribution in [0.3, 0.4) is 0 Å². The first kappa shape index (κ1) is 25.1. The molecule has 35 heavy (non-hydrogen) atoms. The number of hydrogen-bond acceptors (Lipinski definition) is 6. The molecule has 3 aromatic carbocycles. The normalized spacial score (nSPS) is 10.1. The Labute approximate surface area is 203 Å². The minimum absolute atomic E-state index is 0.246. The van der Waals surface area contributed by atoms with Gasteiger partial charge in [-0.1, -0.05) is 12.1 Å². The van der Waals surface area contributed by atoms with E-state index in [4.69, 9.17) is 14.2 Å². The molecule has 0 saturated heterocycles. The van der Waals surface area contributed by atoms with Gasteiger partial charge in [0.25, 0.3) is 17.7 Å². The van der Waals surface area contributed by atoms with Crippen molar-refractivity contribution in [2.24, 2.45) is 0 Å². The molecule has 0 saturated carbocycles. The Morgan fingerprint density at radius 3 is 1.94 bits per heavy atom. The van der Waals surface area contributed by atoms with E-state index in [1.165, 1.54) is 13.2 Å². The molecular formula is C26H27N3O6. The number of benzene rings is 3. The Morgan fingerprint density at radius 2 is 1.29 bits per heavy atom. The first-order valence-electron chi connectivity index (χ1n) is 11.0. The predicted octanol–water partition coefficient (Wildman–Crippen LogP) is 3.82. The summed E-state index contributed by atoms with van der Waals surface area (Å²) in [5.74, 6) is 0.132. The van der Waals surface area contributed by atoms with Crippen LogP contribution in [0.5, 0.6) is 17.2 Å². The lowest BCUT2D eigenvalue weighted by Gasteiger charge is -2.13. The Morgan fingerprint density at radius 1 is 0.686 bits per heavy atom. The zero-order chi connectivity index (χ0) is 25.2. The van der Waals surface area contributed by atoms with Crippen molar-refractivity contribution in [1.29, 1.82) is 0 Å². The van der Waals surface area contributed by atoms with Crippen LogP contribution in [-0.2, 0) is 0 Å². The highest BCUT2D eigenvalue weighted by Crippen LogP contribution is 2.29. The van der Waals surface area contributed by atoms with E-state index in [1.807, 2.05) is 13.8 Å². The molecule has 0 aliphatic heterocycles. The van der Waals surface area contributed by atoms with E-state index in [0.29, 0.717) is 47.3 Å². The molecule has 182 valence electrons. The molecule has 0 aromatic heterocycles. The fourth-order valence-electron chi connectivity index (χ4n) is 3.16.